The molecule has 0 aromatic heterocycles. The molecule has 9 heteroatoms. The van der Waals surface area contributed by atoms with Crippen LogP contribution in [0.3, 0.4) is 0 Å². The summed E-state index contributed by atoms with van der Waals surface area (Å²) in [5.74, 6) is -0.418. The Labute approximate surface area is 132 Å². The van der Waals surface area contributed by atoms with Crippen LogP contribution in [0.1, 0.15) is 33.1 Å². The molecule has 0 aliphatic rings. The Morgan fingerprint density at radius 2 is 1.91 bits per heavy atom. The van der Waals surface area contributed by atoms with Crippen LogP contribution in [0, 0.1) is 5.92 Å². The summed E-state index contributed by atoms with van der Waals surface area (Å²) in [6.45, 7) is 3.88. The smallest absolute Gasteiger partial charge is 0.407 e. The number of alkyl halides is 3. The molecule has 130 valence electrons. The van der Waals surface area contributed by atoms with Crippen LogP contribution >= 0.6 is 11.8 Å². The average Bonchev–Trinajstić information content (AvgIpc) is 2.37. The number of hydrogen-bond acceptors (Lipinski definition) is 4. The minimum Gasteiger partial charge on any atom is -0.480 e. The van der Waals surface area contributed by atoms with Gasteiger partial charge in [-0.1, -0.05) is 13.8 Å². The van der Waals surface area contributed by atoms with Crippen molar-refractivity contribution < 1.29 is 32.6 Å². The zero-order chi connectivity index (χ0) is 17.2. The molecule has 0 rings (SSSR count). The van der Waals surface area contributed by atoms with Gasteiger partial charge in [0.25, 0.3) is 0 Å². The second-order valence-electron chi connectivity index (χ2n) is 5.15. The first kappa shape index (κ1) is 20.9. The van der Waals surface area contributed by atoms with Gasteiger partial charge in [0.2, 0.25) is 0 Å². The van der Waals surface area contributed by atoms with E-state index in [0.717, 1.165) is 0 Å². The largest absolute Gasteiger partial charge is 0.480 e. The van der Waals surface area contributed by atoms with Crippen molar-refractivity contribution in [3.63, 3.8) is 0 Å². The number of carboxylic acids is 1. The van der Waals surface area contributed by atoms with E-state index in [1.54, 1.807) is 0 Å². The summed E-state index contributed by atoms with van der Waals surface area (Å²) in [5.41, 5.74) is 0. The van der Waals surface area contributed by atoms with Gasteiger partial charge in [-0.05, 0) is 30.3 Å². The number of carboxylic acid groups (broad SMARTS) is 1. The molecule has 1 atom stereocenters. The van der Waals surface area contributed by atoms with Crippen LogP contribution in [0.25, 0.3) is 0 Å². The third-order valence-electron chi connectivity index (χ3n) is 2.44. The van der Waals surface area contributed by atoms with Gasteiger partial charge >= 0.3 is 18.2 Å². The van der Waals surface area contributed by atoms with Crippen LogP contribution in [0.2, 0.25) is 0 Å². The average molecular weight is 345 g/mol. The van der Waals surface area contributed by atoms with E-state index in [0.29, 0.717) is 11.5 Å². The van der Waals surface area contributed by atoms with Crippen molar-refractivity contribution in [2.24, 2.45) is 5.92 Å². The summed E-state index contributed by atoms with van der Waals surface area (Å²) in [4.78, 5) is 22.4. The van der Waals surface area contributed by atoms with E-state index < -0.39 is 30.7 Å². The second kappa shape index (κ2) is 10.6. The molecule has 0 aromatic rings. The molecule has 0 radical (unpaired) electrons. The molecule has 0 heterocycles. The van der Waals surface area contributed by atoms with Crippen molar-refractivity contribution in [1.29, 1.82) is 0 Å². The quantitative estimate of drug-likeness (QED) is 0.594. The van der Waals surface area contributed by atoms with Crippen molar-refractivity contribution in [1.82, 2.24) is 5.32 Å². The van der Waals surface area contributed by atoms with Crippen LogP contribution in [0.15, 0.2) is 0 Å². The van der Waals surface area contributed by atoms with E-state index in [4.69, 9.17) is 9.84 Å². The predicted molar refractivity (Wildman–Crippen MR) is 78.0 cm³/mol. The maximum absolute atomic E-state index is 11.9. The fraction of sp³-hybridized carbons (Fsp3) is 0.846. The normalized spacial score (nSPS) is 13.0. The van der Waals surface area contributed by atoms with Gasteiger partial charge in [0.15, 0.2) is 0 Å². The fourth-order valence-corrected chi connectivity index (χ4v) is 2.32. The molecule has 0 saturated carbocycles. The van der Waals surface area contributed by atoms with E-state index in [-0.39, 0.29) is 25.4 Å². The van der Waals surface area contributed by atoms with Gasteiger partial charge in [-0.25, -0.2) is 9.59 Å². The summed E-state index contributed by atoms with van der Waals surface area (Å²) >= 11 is 1.23. The molecule has 5 nitrogen and oxygen atoms in total. The number of amides is 1. The number of thioether (sulfide) groups is 1. The molecule has 0 aliphatic carbocycles. The van der Waals surface area contributed by atoms with Crippen LogP contribution in [0.5, 0.6) is 0 Å². The summed E-state index contributed by atoms with van der Waals surface area (Å²) in [6.07, 6.45) is -5.68. The van der Waals surface area contributed by atoms with Crippen molar-refractivity contribution >= 4 is 23.8 Å². The van der Waals surface area contributed by atoms with Crippen LogP contribution < -0.4 is 5.32 Å². The Hall–Kier alpha value is -1.12. The summed E-state index contributed by atoms with van der Waals surface area (Å²) < 4.78 is 40.6. The molecule has 0 unspecified atom stereocenters. The van der Waals surface area contributed by atoms with E-state index in [1.807, 2.05) is 13.8 Å². The maximum Gasteiger partial charge on any atom is 0.407 e. The highest BCUT2D eigenvalue weighted by molar-refractivity contribution is 7.99. The molecule has 22 heavy (non-hydrogen) atoms. The van der Waals surface area contributed by atoms with E-state index >= 15 is 0 Å². The molecule has 2 N–H and O–H groups in total. The lowest BCUT2D eigenvalue weighted by molar-refractivity contribution is -0.139. The van der Waals surface area contributed by atoms with Gasteiger partial charge in [-0.2, -0.15) is 24.9 Å². The monoisotopic (exact) mass is 345 g/mol. The number of ether oxygens (including phenoxy) is 1. The first-order valence-electron chi connectivity index (χ1n) is 6.92. The highest BCUT2D eigenvalue weighted by Crippen LogP contribution is 2.22. The van der Waals surface area contributed by atoms with Crippen molar-refractivity contribution in [3.8, 4) is 0 Å². The topological polar surface area (TPSA) is 75.6 Å². The minimum absolute atomic E-state index is 0.00420. The molecule has 0 saturated heterocycles. The number of rotatable bonds is 10. The van der Waals surface area contributed by atoms with Crippen molar-refractivity contribution in [3.05, 3.63) is 0 Å². The number of carbonyl (C=O) groups excluding carboxylic acids is 1. The summed E-state index contributed by atoms with van der Waals surface area (Å²) in [6, 6.07) is -1.10. The Kier molecular flexibility index (Phi) is 10.0. The molecule has 0 spiro atoms. The predicted octanol–water partition coefficient (Wildman–Crippen LogP) is 3.29. The lowest BCUT2D eigenvalue weighted by Gasteiger charge is -2.15. The van der Waals surface area contributed by atoms with Crippen molar-refractivity contribution in [2.45, 2.75) is 45.3 Å². The maximum atomic E-state index is 11.9. The van der Waals surface area contributed by atoms with Gasteiger partial charge in [0.05, 0.1) is 6.61 Å². The highest BCUT2D eigenvalue weighted by atomic mass is 32.2. The van der Waals surface area contributed by atoms with E-state index in [1.165, 1.54) is 11.8 Å². The molecule has 1 amide bonds. The van der Waals surface area contributed by atoms with Gasteiger partial charge in [0.1, 0.15) is 6.04 Å². The van der Waals surface area contributed by atoms with Gasteiger partial charge in [-0.3, -0.25) is 0 Å². The van der Waals surface area contributed by atoms with Gasteiger partial charge in [0, 0.05) is 6.42 Å². The lowest BCUT2D eigenvalue weighted by atomic mass is 10.2. The number of alkyl carbamates (subject to hydrolysis) is 1. The number of halogens is 3. The number of hydrogen-bond donors (Lipinski definition) is 2. The number of carbonyl (C=O) groups is 2. The van der Waals surface area contributed by atoms with E-state index in [9.17, 15) is 22.8 Å². The molecule has 0 bridgehead atoms. The lowest BCUT2D eigenvalue weighted by Crippen LogP contribution is -2.41. The summed E-state index contributed by atoms with van der Waals surface area (Å²) in [5, 5.41) is 11.2. The zero-order valence-electron chi connectivity index (χ0n) is 12.6. The van der Waals surface area contributed by atoms with Gasteiger partial charge in [-0.15, -0.1) is 0 Å². The second-order valence-corrected chi connectivity index (χ2v) is 6.37. The molecule has 0 aliphatic heterocycles. The molecule has 0 aromatic carbocycles. The Balaban J connectivity index is 3.91. The fourth-order valence-electron chi connectivity index (χ4n) is 1.36. The number of nitrogens with one attached hydrogen (secondary N) is 1. The van der Waals surface area contributed by atoms with Crippen LogP contribution in [-0.2, 0) is 9.53 Å². The van der Waals surface area contributed by atoms with Crippen LogP contribution in [0.4, 0.5) is 18.0 Å². The van der Waals surface area contributed by atoms with Crippen molar-refractivity contribution in [2.75, 3.05) is 18.1 Å². The highest BCUT2D eigenvalue weighted by Gasteiger charge is 2.26. The minimum atomic E-state index is -4.16. The standard InChI is InChI=1S/C13H22F3NO4S/c1-9(2)8-21-12(20)17-10(11(18)19)4-7-22-6-3-5-13(14,15)16/h9-10H,3-8H2,1-2H3,(H,17,20)(H,18,19)/t10-/m0/s1. The third kappa shape index (κ3) is 12.6. The Morgan fingerprint density at radius 1 is 1.27 bits per heavy atom. The van der Waals surface area contributed by atoms with E-state index in [2.05, 4.69) is 5.32 Å². The molecular weight excluding hydrogens is 323 g/mol. The molecular formula is C13H22F3NO4S. The van der Waals surface area contributed by atoms with Crippen LogP contribution in [-0.4, -0.2) is 47.5 Å². The SMILES string of the molecule is CC(C)COC(=O)N[C@@H](CCSCCCC(F)(F)F)C(=O)O. The third-order valence-corrected chi connectivity index (χ3v) is 3.54. The Morgan fingerprint density at radius 3 is 2.41 bits per heavy atom. The van der Waals surface area contributed by atoms with Gasteiger partial charge < -0.3 is 15.2 Å². The first-order valence-corrected chi connectivity index (χ1v) is 8.08. The summed E-state index contributed by atoms with van der Waals surface area (Å²) in [7, 11) is 0. The molecule has 0 fully saturated rings. The first-order chi connectivity index (χ1) is 10.1. The number of aliphatic carboxylic acids is 1. The Bertz CT molecular complexity index is 351. The zero-order valence-corrected chi connectivity index (χ0v) is 13.4.